The standard InChI is InChI=1S/C25H28N4/c1-4-15-28(16-5-2)24-23-22(20-9-7-6-8-10-20)17-29(25(23)27-18-26-24)21-13-11-19(3)12-14-21/h6-14,17-18H,4-5,15-16H2,1-3H3. The van der Waals surface area contributed by atoms with E-state index < -0.39 is 0 Å². The summed E-state index contributed by atoms with van der Waals surface area (Å²) in [6.45, 7) is 8.53. The van der Waals surface area contributed by atoms with Crippen molar-refractivity contribution in [2.45, 2.75) is 33.6 Å². The first kappa shape index (κ1) is 19.2. The number of benzene rings is 2. The van der Waals surface area contributed by atoms with Crippen LogP contribution < -0.4 is 4.90 Å². The molecule has 0 fully saturated rings. The normalized spacial score (nSPS) is 11.1. The first-order valence-corrected chi connectivity index (χ1v) is 10.5. The molecule has 148 valence electrons. The van der Waals surface area contributed by atoms with Crippen molar-refractivity contribution in [3.05, 3.63) is 72.7 Å². The molecule has 0 unspecified atom stereocenters. The zero-order valence-corrected chi connectivity index (χ0v) is 17.5. The summed E-state index contributed by atoms with van der Waals surface area (Å²) in [5.41, 5.74) is 5.68. The molecular formula is C25H28N4. The minimum absolute atomic E-state index is 0.954. The highest BCUT2D eigenvalue weighted by molar-refractivity contribution is 6.02. The summed E-state index contributed by atoms with van der Waals surface area (Å²) in [6.07, 6.45) is 6.09. The molecule has 0 radical (unpaired) electrons. The Morgan fingerprint density at radius 3 is 2.21 bits per heavy atom. The number of hydrogen-bond donors (Lipinski definition) is 0. The Bertz CT molecular complexity index is 1080. The number of anilines is 1. The van der Waals surface area contributed by atoms with E-state index in [0.29, 0.717) is 0 Å². The number of hydrogen-bond acceptors (Lipinski definition) is 3. The highest BCUT2D eigenvalue weighted by Gasteiger charge is 2.20. The van der Waals surface area contributed by atoms with Crippen LogP contribution in [0.3, 0.4) is 0 Å². The van der Waals surface area contributed by atoms with Crippen molar-refractivity contribution in [1.82, 2.24) is 14.5 Å². The van der Waals surface area contributed by atoms with Crippen LogP contribution >= 0.6 is 0 Å². The second-order valence-electron chi connectivity index (χ2n) is 7.50. The predicted octanol–water partition coefficient (Wildman–Crippen LogP) is 6.02. The van der Waals surface area contributed by atoms with Gasteiger partial charge in [-0.05, 0) is 37.5 Å². The third kappa shape index (κ3) is 3.75. The Balaban J connectivity index is 1.99. The molecule has 4 rings (SSSR count). The molecule has 0 bridgehead atoms. The zero-order valence-electron chi connectivity index (χ0n) is 17.5. The molecule has 0 aliphatic rings. The van der Waals surface area contributed by atoms with Gasteiger partial charge in [-0.25, -0.2) is 9.97 Å². The second kappa shape index (κ2) is 8.48. The number of aromatic nitrogens is 3. The Morgan fingerprint density at radius 2 is 1.55 bits per heavy atom. The van der Waals surface area contributed by atoms with E-state index in [9.17, 15) is 0 Å². The van der Waals surface area contributed by atoms with Gasteiger partial charge in [0.25, 0.3) is 0 Å². The minimum atomic E-state index is 0.954. The fourth-order valence-corrected chi connectivity index (χ4v) is 3.89. The van der Waals surface area contributed by atoms with Crippen LogP contribution in [0.5, 0.6) is 0 Å². The van der Waals surface area contributed by atoms with Crippen LogP contribution in [0.1, 0.15) is 32.3 Å². The zero-order chi connectivity index (χ0) is 20.2. The van der Waals surface area contributed by atoms with Crippen molar-refractivity contribution in [1.29, 1.82) is 0 Å². The molecule has 0 aliphatic heterocycles. The number of aryl methyl sites for hydroxylation is 1. The van der Waals surface area contributed by atoms with Crippen molar-refractivity contribution in [3.63, 3.8) is 0 Å². The molecule has 0 N–H and O–H groups in total. The molecule has 2 aromatic carbocycles. The molecule has 0 saturated heterocycles. The highest BCUT2D eigenvalue weighted by atomic mass is 15.2. The summed E-state index contributed by atoms with van der Waals surface area (Å²) in [7, 11) is 0. The molecule has 2 aromatic heterocycles. The van der Waals surface area contributed by atoms with E-state index in [4.69, 9.17) is 9.97 Å². The van der Waals surface area contributed by atoms with E-state index in [1.54, 1.807) is 6.33 Å². The number of nitrogens with zero attached hydrogens (tertiary/aromatic N) is 4. The van der Waals surface area contributed by atoms with E-state index in [1.807, 2.05) is 0 Å². The molecule has 4 nitrogen and oxygen atoms in total. The second-order valence-corrected chi connectivity index (χ2v) is 7.50. The third-order valence-electron chi connectivity index (χ3n) is 5.25. The highest BCUT2D eigenvalue weighted by Crippen LogP contribution is 2.36. The largest absolute Gasteiger partial charge is 0.356 e. The quantitative estimate of drug-likeness (QED) is 0.390. The van der Waals surface area contributed by atoms with Gasteiger partial charge in [-0.15, -0.1) is 0 Å². The average molecular weight is 385 g/mol. The molecule has 4 aromatic rings. The Morgan fingerprint density at radius 1 is 0.862 bits per heavy atom. The molecule has 0 aliphatic carbocycles. The maximum atomic E-state index is 4.75. The average Bonchev–Trinajstić information content (AvgIpc) is 3.15. The summed E-state index contributed by atoms with van der Waals surface area (Å²) in [4.78, 5) is 11.9. The topological polar surface area (TPSA) is 34.0 Å². The van der Waals surface area contributed by atoms with Gasteiger partial charge in [-0.2, -0.15) is 0 Å². The molecule has 0 atom stereocenters. The Labute approximate surface area is 172 Å². The van der Waals surface area contributed by atoms with Gasteiger partial charge in [0.2, 0.25) is 0 Å². The van der Waals surface area contributed by atoms with Crippen LogP contribution in [0.2, 0.25) is 0 Å². The number of fused-ring (bicyclic) bond motifs is 1. The SMILES string of the molecule is CCCN(CCC)c1ncnc2c1c(-c1ccccc1)cn2-c1ccc(C)cc1. The smallest absolute Gasteiger partial charge is 0.150 e. The van der Waals surface area contributed by atoms with Crippen LogP contribution in [-0.4, -0.2) is 27.6 Å². The number of rotatable bonds is 7. The van der Waals surface area contributed by atoms with Crippen molar-refractivity contribution >= 4 is 16.9 Å². The summed E-state index contributed by atoms with van der Waals surface area (Å²) in [6, 6.07) is 19.2. The van der Waals surface area contributed by atoms with Crippen LogP contribution in [0.4, 0.5) is 5.82 Å². The Kier molecular flexibility index (Phi) is 5.61. The predicted molar refractivity (Wildman–Crippen MR) is 122 cm³/mol. The lowest BCUT2D eigenvalue weighted by atomic mass is 10.1. The molecule has 4 heteroatoms. The molecule has 0 spiro atoms. The van der Waals surface area contributed by atoms with Gasteiger partial charge in [-0.3, -0.25) is 0 Å². The van der Waals surface area contributed by atoms with Gasteiger partial charge in [0.1, 0.15) is 12.1 Å². The van der Waals surface area contributed by atoms with Crippen molar-refractivity contribution in [2.75, 3.05) is 18.0 Å². The Hall–Kier alpha value is -3.14. The molecule has 0 saturated carbocycles. The molecule has 2 heterocycles. The third-order valence-corrected chi connectivity index (χ3v) is 5.25. The fraction of sp³-hybridized carbons (Fsp3) is 0.280. The lowest BCUT2D eigenvalue weighted by molar-refractivity contribution is 0.736. The van der Waals surface area contributed by atoms with E-state index in [2.05, 4.69) is 91.0 Å². The minimum Gasteiger partial charge on any atom is -0.356 e. The van der Waals surface area contributed by atoms with Gasteiger partial charge in [0, 0.05) is 30.5 Å². The molecule has 0 amide bonds. The van der Waals surface area contributed by atoms with Crippen LogP contribution in [-0.2, 0) is 0 Å². The first-order valence-electron chi connectivity index (χ1n) is 10.5. The van der Waals surface area contributed by atoms with Gasteiger partial charge in [-0.1, -0.05) is 61.9 Å². The van der Waals surface area contributed by atoms with Gasteiger partial charge in [0.15, 0.2) is 5.65 Å². The van der Waals surface area contributed by atoms with E-state index in [-0.39, 0.29) is 0 Å². The lowest BCUT2D eigenvalue weighted by Gasteiger charge is -2.23. The van der Waals surface area contributed by atoms with Crippen molar-refractivity contribution in [3.8, 4) is 16.8 Å². The van der Waals surface area contributed by atoms with Gasteiger partial charge in [0.05, 0.1) is 5.39 Å². The summed E-state index contributed by atoms with van der Waals surface area (Å²) in [5.74, 6) is 1.03. The van der Waals surface area contributed by atoms with Crippen LogP contribution in [0, 0.1) is 6.92 Å². The van der Waals surface area contributed by atoms with E-state index >= 15 is 0 Å². The van der Waals surface area contributed by atoms with Gasteiger partial charge < -0.3 is 9.47 Å². The van der Waals surface area contributed by atoms with Crippen molar-refractivity contribution < 1.29 is 0 Å². The first-order chi connectivity index (χ1) is 14.2. The molecular weight excluding hydrogens is 356 g/mol. The maximum Gasteiger partial charge on any atom is 0.150 e. The van der Waals surface area contributed by atoms with Crippen molar-refractivity contribution in [2.24, 2.45) is 0 Å². The molecule has 29 heavy (non-hydrogen) atoms. The van der Waals surface area contributed by atoms with Crippen LogP contribution in [0.25, 0.3) is 27.8 Å². The van der Waals surface area contributed by atoms with E-state index in [1.165, 1.54) is 16.7 Å². The van der Waals surface area contributed by atoms with Crippen LogP contribution in [0.15, 0.2) is 67.1 Å². The summed E-state index contributed by atoms with van der Waals surface area (Å²) in [5, 5.41) is 1.13. The lowest BCUT2D eigenvalue weighted by Crippen LogP contribution is -2.26. The monoisotopic (exact) mass is 384 g/mol. The summed E-state index contributed by atoms with van der Waals surface area (Å²) >= 11 is 0. The maximum absolute atomic E-state index is 4.75. The fourth-order valence-electron chi connectivity index (χ4n) is 3.89. The van der Waals surface area contributed by atoms with E-state index in [0.717, 1.165) is 48.5 Å². The summed E-state index contributed by atoms with van der Waals surface area (Å²) < 4.78 is 2.19. The van der Waals surface area contributed by atoms with Gasteiger partial charge >= 0.3 is 0 Å².